The Morgan fingerprint density at radius 2 is 2.06 bits per heavy atom. The number of hydrogen-bond acceptors (Lipinski definition) is 4. The number of aryl methyl sites for hydroxylation is 1. The standard InChI is InChI=1S/C14H17N3O/c1-12-10-14(17-16-11-12)15-8-5-9-18-13-6-3-2-4-7-13/h2-4,6-7,10-11H,5,8-9H2,1H3,(H,15,17). The van der Waals surface area contributed by atoms with Gasteiger partial charge in [-0.1, -0.05) is 18.2 Å². The number of nitrogens with zero attached hydrogens (tertiary/aromatic N) is 2. The van der Waals surface area contributed by atoms with Gasteiger partial charge in [-0.05, 0) is 37.1 Å². The molecule has 0 fully saturated rings. The topological polar surface area (TPSA) is 47.0 Å². The minimum absolute atomic E-state index is 0.691. The van der Waals surface area contributed by atoms with Crippen LogP contribution in [0.3, 0.4) is 0 Å². The minimum atomic E-state index is 0.691. The Morgan fingerprint density at radius 1 is 1.22 bits per heavy atom. The van der Waals surface area contributed by atoms with E-state index in [-0.39, 0.29) is 0 Å². The second-order valence-electron chi connectivity index (χ2n) is 4.06. The van der Waals surface area contributed by atoms with Crippen LogP contribution in [-0.2, 0) is 0 Å². The van der Waals surface area contributed by atoms with Gasteiger partial charge in [0.15, 0.2) is 0 Å². The molecule has 0 aliphatic rings. The van der Waals surface area contributed by atoms with Crippen LogP contribution < -0.4 is 10.1 Å². The summed E-state index contributed by atoms with van der Waals surface area (Å²) in [5.74, 6) is 1.72. The normalized spacial score (nSPS) is 10.1. The summed E-state index contributed by atoms with van der Waals surface area (Å²) in [6.45, 7) is 3.51. The van der Waals surface area contributed by atoms with Gasteiger partial charge in [-0.2, -0.15) is 5.10 Å². The highest BCUT2D eigenvalue weighted by Gasteiger charge is 1.95. The van der Waals surface area contributed by atoms with Gasteiger partial charge in [-0.3, -0.25) is 0 Å². The molecule has 2 rings (SSSR count). The highest BCUT2D eigenvalue weighted by atomic mass is 16.5. The molecule has 1 N–H and O–H groups in total. The Kier molecular flexibility index (Phi) is 4.53. The van der Waals surface area contributed by atoms with Crippen molar-refractivity contribution < 1.29 is 4.74 Å². The van der Waals surface area contributed by atoms with Crippen molar-refractivity contribution in [1.29, 1.82) is 0 Å². The lowest BCUT2D eigenvalue weighted by atomic mass is 10.3. The number of nitrogens with one attached hydrogen (secondary N) is 1. The molecule has 1 aromatic heterocycles. The molecule has 1 heterocycles. The van der Waals surface area contributed by atoms with Crippen LogP contribution in [-0.4, -0.2) is 23.3 Å². The second-order valence-corrected chi connectivity index (χ2v) is 4.06. The molecule has 0 radical (unpaired) electrons. The fourth-order valence-electron chi connectivity index (χ4n) is 1.55. The monoisotopic (exact) mass is 243 g/mol. The Bertz CT molecular complexity index is 473. The molecule has 0 spiro atoms. The maximum atomic E-state index is 5.59. The molecule has 0 aliphatic carbocycles. The van der Waals surface area contributed by atoms with Gasteiger partial charge in [-0.25, -0.2) is 0 Å². The summed E-state index contributed by atoms with van der Waals surface area (Å²) in [5.41, 5.74) is 1.10. The molecular weight excluding hydrogens is 226 g/mol. The number of rotatable bonds is 6. The fraction of sp³-hybridized carbons (Fsp3) is 0.286. The summed E-state index contributed by atoms with van der Waals surface area (Å²) in [7, 11) is 0. The average Bonchev–Trinajstić information content (AvgIpc) is 2.40. The Labute approximate surface area is 107 Å². The van der Waals surface area contributed by atoms with E-state index in [0.29, 0.717) is 6.61 Å². The first-order valence-corrected chi connectivity index (χ1v) is 6.05. The number of aromatic nitrogens is 2. The van der Waals surface area contributed by atoms with Crippen molar-refractivity contribution >= 4 is 5.82 Å². The molecule has 0 saturated carbocycles. The third-order valence-electron chi connectivity index (χ3n) is 2.43. The van der Waals surface area contributed by atoms with Crippen molar-refractivity contribution in [3.63, 3.8) is 0 Å². The van der Waals surface area contributed by atoms with Crippen LogP contribution in [0.5, 0.6) is 5.75 Å². The molecule has 0 unspecified atom stereocenters. The van der Waals surface area contributed by atoms with E-state index in [1.54, 1.807) is 6.20 Å². The highest BCUT2D eigenvalue weighted by molar-refractivity contribution is 5.34. The molecule has 4 nitrogen and oxygen atoms in total. The zero-order chi connectivity index (χ0) is 12.6. The molecule has 2 aromatic rings. The number of benzene rings is 1. The molecule has 0 saturated heterocycles. The first kappa shape index (κ1) is 12.4. The van der Waals surface area contributed by atoms with Crippen molar-refractivity contribution in [2.45, 2.75) is 13.3 Å². The Hall–Kier alpha value is -2.10. The third kappa shape index (κ3) is 4.05. The zero-order valence-corrected chi connectivity index (χ0v) is 10.5. The van der Waals surface area contributed by atoms with Crippen LogP contribution in [0.1, 0.15) is 12.0 Å². The predicted molar refractivity (Wildman–Crippen MR) is 71.8 cm³/mol. The lowest BCUT2D eigenvalue weighted by Crippen LogP contribution is -2.08. The SMILES string of the molecule is Cc1cnnc(NCCCOc2ccccc2)c1. The Balaban J connectivity index is 1.65. The van der Waals surface area contributed by atoms with Crippen LogP contribution in [0, 0.1) is 6.92 Å². The van der Waals surface area contributed by atoms with Crippen molar-refractivity contribution in [1.82, 2.24) is 10.2 Å². The number of ether oxygens (including phenoxy) is 1. The van der Waals surface area contributed by atoms with Gasteiger partial charge in [0.25, 0.3) is 0 Å². The summed E-state index contributed by atoms with van der Waals surface area (Å²) in [6.07, 6.45) is 2.66. The van der Waals surface area contributed by atoms with Crippen molar-refractivity contribution in [3.8, 4) is 5.75 Å². The third-order valence-corrected chi connectivity index (χ3v) is 2.43. The summed E-state index contributed by atoms with van der Waals surface area (Å²) in [5, 5.41) is 11.1. The van der Waals surface area contributed by atoms with Gasteiger partial charge in [0.05, 0.1) is 12.8 Å². The second kappa shape index (κ2) is 6.59. The van der Waals surface area contributed by atoms with E-state index in [2.05, 4.69) is 15.5 Å². The van der Waals surface area contributed by atoms with Crippen LogP contribution in [0.15, 0.2) is 42.6 Å². The van der Waals surface area contributed by atoms with Crippen LogP contribution in [0.4, 0.5) is 5.82 Å². The molecule has 0 bridgehead atoms. The molecule has 94 valence electrons. The van der Waals surface area contributed by atoms with Crippen molar-refractivity contribution in [3.05, 3.63) is 48.2 Å². The van der Waals surface area contributed by atoms with E-state index in [4.69, 9.17) is 4.74 Å². The zero-order valence-electron chi connectivity index (χ0n) is 10.5. The maximum Gasteiger partial charge on any atom is 0.148 e. The molecule has 1 aromatic carbocycles. The largest absolute Gasteiger partial charge is 0.494 e. The number of para-hydroxylation sites is 1. The first-order valence-electron chi connectivity index (χ1n) is 6.05. The van der Waals surface area contributed by atoms with Crippen LogP contribution in [0.25, 0.3) is 0 Å². The quantitative estimate of drug-likeness (QED) is 0.792. The van der Waals surface area contributed by atoms with Gasteiger partial charge >= 0.3 is 0 Å². The lowest BCUT2D eigenvalue weighted by molar-refractivity contribution is 0.315. The van der Waals surface area contributed by atoms with E-state index in [9.17, 15) is 0 Å². The van der Waals surface area contributed by atoms with Crippen LogP contribution in [0.2, 0.25) is 0 Å². The first-order chi connectivity index (χ1) is 8.84. The van der Waals surface area contributed by atoms with E-state index < -0.39 is 0 Å². The summed E-state index contributed by atoms with van der Waals surface area (Å²) in [4.78, 5) is 0. The van der Waals surface area contributed by atoms with Gasteiger partial charge < -0.3 is 10.1 Å². The molecule has 0 amide bonds. The van der Waals surface area contributed by atoms with Gasteiger partial charge in [0, 0.05) is 6.54 Å². The average molecular weight is 243 g/mol. The van der Waals surface area contributed by atoms with Crippen LogP contribution >= 0.6 is 0 Å². The van der Waals surface area contributed by atoms with E-state index in [1.165, 1.54) is 0 Å². The minimum Gasteiger partial charge on any atom is -0.494 e. The molecule has 4 heteroatoms. The van der Waals surface area contributed by atoms with Gasteiger partial charge in [-0.15, -0.1) is 5.10 Å². The molecule has 0 atom stereocenters. The number of anilines is 1. The van der Waals surface area contributed by atoms with E-state index >= 15 is 0 Å². The fourth-order valence-corrected chi connectivity index (χ4v) is 1.55. The smallest absolute Gasteiger partial charge is 0.148 e. The van der Waals surface area contributed by atoms with Crippen molar-refractivity contribution in [2.75, 3.05) is 18.5 Å². The van der Waals surface area contributed by atoms with E-state index in [0.717, 1.165) is 30.1 Å². The predicted octanol–water partition coefficient (Wildman–Crippen LogP) is 2.67. The molecular formula is C14H17N3O. The number of hydrogen-bond donors (Lipinski definition) is 1. The van der Waals surface area contributed by atoms with E-state index in [1.807, 2.05) is 43.3 Å². The molecule has 18 heavy (non-hydrogen) atoms. The Morgan fingerprint density at radius 3 is 2.83 bits per heavy atom. The molecule has 0 aliphatic heterocycles. The summed E-state index contributed by atoms with van der Waals surface area (Å²) < 4.78 is 5.59. The highest BCUT2D eigenvalue weighted by Crippen LogP contribution is 2.08. The summed E-state index contributed by atoms with van der Waals surface area (Å²) >= 11 is 0. The maximum absolute atomic E-state index is 5.59. The lowest BCUT2D eigenvalue weighted by Gasteiger charge is -2.07. The summed E-state index contributed by atoms with van der Waals surface area (Å²) in [6, 6.07) is 11.8. The van der Waals surface area contributed by atoms with Crippen molar-refractivity contribution in [2.24, 2.45) is 0 Å². The van der Waals surface area contributed by atoms with Gasteiger partial charge in [0.1, 0.15) is 11.6 Å². The van der Waals surface area contributed by atoms with Gasteiger partial charge in [0.2, 0.25) is 0 Å².